The maximum absolute atomic E-state index is 12.2. The molecule has 0 saturated carbocycles. The summed E-state index contributed by atoms with van der Waals surface area (Å²) in [6.07, 6.45) is -3.01. The molecule has 1 aromatic heterocycles. The maximum Gasteiger partial charge on any atom is 0.422 e. The van der Waals surface area contributed by atoms with Crippen LogP contribution in [0.3, 0.4) is 0 Å². The summed E-state index contributed by atoms with van der Waals surface area (Å²) in [6.45, 7) is -0.532. The molecule has 9 heteroatoms. The van der Waals surface area contributed by atoms with Gasteiger partial charge in [-0.05, 0) is 17.7 Å². The van der Waals surface area contributed by atoms with Gasteiger partial charge in [0.2, 0.25) is 5.88 Å². The van der Waals surface area contributed by atoms with Crippen molar-refractivity contribution >= 4 is 5.96 Å². The highest BCUT2D eigenvalue weighted by molar-refractivity contribution is 5.79. The summed E-state index contributed by atoms with van der Waals surface area (Å²) in [5.74, 6) is 1.22. The first-order valence-electron chi connectivity index (χ1n) is 8.12. The molecule has 0 aliphatic rings. The molecular weight excluding hydrogens is 361 g/mol. The van der Waals surface area contributed by atoms with Crippen LogP contribution < -0.4 is 20.1 Å². The fourth-order valence-electron chi connectivity index (χ4n) is 2.23. The fraction of sp³-hybridized carbons (Fsp3) is 0.333. The Balaban J connectivity index is 1.88. The van der Waals surface area contributed by atoms with Gasteiger partial charge in [0.1, 0.15) is 5.75 Å². The van der Waals surface area contributed by atoms with Crippen LogP contribution in [0.1, 0.15) is 11.1 Å². The van der Waals surface area contributed by atoms with Gasteiger partial charge in [-0.1, -0.05) is 18.2 Å². The molecule has 2 aromatic rings. The number of rotatable bonds is 7. The van der Waals surface area contributed by atoms with E-state index in [0.29, 0.717) is 24.6 Å². The second-order valence-corrected chi connectivity index (χ2v) is 5.50. The van der Waals surface area contributed by atoms with Crippen LogP contribution in [0, 0.1) is 0 Å². The normalized spacial score (nSPS) is 11.8. The minimum atomic E-state index is -4.40. The molecular formula is C18H21F3N4O2. The van der Waals surface area contributed by atoms with E-state index >= 15 is 0 Å². The molecule has 0 fully saturated rings. The summed E-state index contributed by atoms with van der Waals surface area (Å²) in [7, 11) is 3.23. The third-order valence-electron chi connectivity index (χ3n) is 3.51. The molecule has 1 heterocycles. The van der Waals surface area contributed by atoms with Crippen LogP contribution in [0.15, 0.2) is 47.6 Å². The molecule has 6 nitrogen and oxygen atoms in total. The molecule has 146 valence electrons. The summed E-state index contributed by atoms with van der Waals surface area (Å²) in [5.41, 5.74) is 1.68. The van der Waals surface area contributed by atoms with Crippen molar-refractivity contribution in [3.63, 3.8) is 0 Å². The number of hydrogen-bond acceptors (Lipinski definition) is 4. The largest absolute Gasteiger partial charge is 0.496 e. The molecule has 0 radical (unpaired) electrons. The number of alkyl halides is 3. The third-order valence-corrected chi connectivity index (χ3v) is 3.51. The zero-order valence-electron chi connectivity index (χ0n) is 15.0. The average Bonchev–Trinajstić information content (AvgIpc) is 2.66. The lowest BCUT2D eigenvalue weighted by atomic mass is 10.2. The van der Waals surface area contributed by atoms with Crippen LogP contribution in [-0.2, 0) is 13.1 Å². The Morgan fingerprint density at radius 3 is 2.59 bits per heavy atom. The molecule has 0 saturated heterocycles. The highest BCUT2D eigenvalue weighted by Gasteiger charge is 2.28. The predicted molar refractivity (Wildman–Crippen MR) is 95.8 cm³/mol. The number of guanidine groups is 1. The van der Waals surface area contributed by atoms with Gasteiger partial charge in [0.15, 0.2) is 12.6 Å². The number of aromatic nitrogens is 1. The van der Waals surface area contributed by atoms with E-state index in [1.54, 1.807) is 20.2 Å². The minimum Gasteiger partial charge on any atom is -0.496 e. The van der Waals surface area contributed by atoms with Crippen molar-refractivity contribution in [1.29, 1.82) is 0 Å². The summed E-state index contributed by atoms with van der Waals surface area (Å²) in [6, 6.07) is 10.7. The Morgan fingerprint density at radius 2 is 1.89 bits per heavy atom. The second-order valence-electron chi connectivity index (χ2n) is 5.50. The van der Waals surface area contributed by atoms with Gasteiger partial charge in [-0.25, -0.2) is 4.98 Å². The van der Waals surface area contributed by atoms with E-state index in [1.165, 1.54) is 12.3 Å². The van der Waals surface area contributed by atoms with Crippen molar-refractivity contribution in [2.24, 2.45) is 4.99 Å². The number of nitrogens with one attached hydrogen (secondary N) is 2. The summed E-state index contributed by atoms with van der Waals surface area (Å²) in [4.78, 5) is 7.90. The number of aliphatic imine (C=N–C) groups is 1. The fourth-order valence-corrected chi connectivity index (χ4v) is 2.23. The molecule has 27 heavy (non-hydrogen) atoms. The summed E-state index contributed by atoms with van der Waals surface area (Å²) in [5, 5.41) is 6.24. The highest BCUT2D eigenvalue weighted by atomic mass is 19.4. The lowest BCUT2D eigenvalue weighted by Gasteiger charge is -2.14. The average molecular weight is 382 g/mol. The molecule has 1 aromatic carbocycles. The predicted octanol–water partition coefficient (Wildman–Crippen LogP) is 2.90. The zero-order chi connectivity index (χ0) is 19.7. The van der Waals surface area contributed by atoms with Gasteiger partial charge in [0.05, 0.1) is 7.11 Å². The van der Waals surface area contributed by atoms with Crippen molar-refractivity contribution < 1.29 is 22.6 Å². The SMILES string of the molecule is CN=C(NCc1ccnc(OCC(F)(F)F)c1)NCc1ccccc1OC. The third kappa shape index (κ3) is 7.04. The zero-order valence-corrected chi connectivity index (χ0v) is 15.0. The van der Waals surface area contributed by atoms with Crippen LogP contribution in [0.5, 0.6) is 11.6 Å². The first kappa shape index (κ1) is 20.3. The number of nitrogens with zero attached hydrogens (tertiary/aromatic N) is 2. The summed E-state index contributed by atoms with van der Waals surface area (Å²) < 4.78 is 46.6. The number of methoxy groups -OCH3 is 1. The van der Waals surface area contributed by atoms with Crippen LogP contribution in [-0.4, -0.2) is 37.9 Å². The van der Waals surface area contributed by atoms with Crippen LogP contribution in [0.4, 0.5) is 13.2 Å². The quantitative estimate of drug-likeness (QED) is 0.569. The van der Waals surface area contributed by atoms with Crippen molar-refractivity contribution in [3.8, 4) is 11.6 Å². The highest BCUT2D eigenvalue weighted by Crippen LogP contribution is 2.18. The smallest absolute Gasteiger partial charge is 0.422 e. The number of benzene rings is 1. The summed E-state index contributed by atoms with van der Waals surface area (Å²) >= 11 is 0. The van der Waals surface area contributed by atoms with Gasteiger partial charge < -0.3 is 20.1 Å². The number of para-hydroxylation sites is 1. The van der Waals surface area contributed by atoms with E-state index < -0.39 is 12.8 Å². The van der Waals surface area contributed by atoms with Gasteiger partial charge in [-0.3, -0.25) is 4.99 Å². The van der Waals surface area contributed by atoms with E-state index in [-0.39, 0.29) is 5.88 Å². The van der Waals surface area contributed by atoms with Gasteiger partial charge in [-0.15, -0.1) is 0 Å². The number of halogens is 3. The first-order chi connectivity index (χ1) is 12.9. The molecule has 0 bridgehead atoms. The molecule has 0 spiro atoms. The van der Waals surface area contributed by atoms with Crippen molar-refractivity contribution in [1.82, 2.24) is 15.6 Å². The van der Waals surface area contributed by atoms with Crippen molar-refractivity contribution in [2.45, 2.75) is 19.3 Å². The van der Waals surface area contributed by atoms with Crippen molar-refractivity contribution in [3.05, 3.63) is 53.7 Å². The minimum absolute atomic E-state index is 0.0800. The lowest BCUT2D eigenvalue weighted by molar-refractivity contribution is -0.154. The van der Waals surface area contributed by atoms with E-state index in [1.807, 2.05) is 24.3 Å². The Labute approximate surface area is 155 Å². The number of ether oxygens (including phenoxy) is 2. The first-order valence-corrected chi connectivity index (χ1v) is 8.12. The molecule has 0 aliphatic heterocycles. The van der Waals surface area contributed by atoms with Crippen LogP contribution in [0.2, 0.25) is 0 Å². The molecule has 2 rings (SSSR count). The Kier molecular flexibility index (Phi) is 7.27. The molecule has 0 aliphatic carbocycles. The van der Waals surface area contributed by atoms with Gasteiger partial charge in [-0.2, -0.15) is 13.2 Å². The standard InChI is InChI=1S/C18H21F3N4O2/c1-22-17(25-11-14-5-3-4-6-15(14)26-2)24-10-13-7-8-23-16(9-13)27-12-18(19,20)21/h3-9H,10-12H2,1-2H3,(H2,22,24,25). The molecule has 0 atom stereocenters. The molecule has 0 unspecified atom stereocenters. The Hall–Kier alpha value is -2.97. The second kappa shape index (κ2) is 9.65. The lowest BCUT2D eigenvalue weighted by Crippen LogP contribution is -2.36. The topological polar surface area (TPSA) is 67.8 Å². The van der Waals surface area contributed by atoms with E-state index in [0.717, 1.165) is 11.3 Å². The van der Waals surface area contributed by atoms with Gasteiger partial charge in [0.25, 0.3) is 0 Å². The molecule has 2 N–H and O–H groups in total. The number of pyridine rings is 1. The monoisotopic (exact) mass is 382 g/mol. The van der Waals surface area contributed by atoms with E-state index in [9.17, 15) is 13.2 Å². The Morgan fingerprint density at radius 1 is 1.15 bits per heavy atom. The van der Waals surface area contributed by atoms with Crippen molar-refractivity contribution in [2.75, 3.05) is 20.8 Å². The van der Waals surface area contributed by atoms with E-state index in [4.69, 9.17) is 4.74 Å². The van der Waals surface area contributed by atoms with Gasteiger partial charge in [0, 0.05) is 38.0 Å². The molecule has 0 amide bonds. The maximum atomic E-state index is 12.2. The van der Waals surface area contributed by atoms with Gasteiger partial charge >= 0.3 is 6.18 Å². The Bertz CT molecular complexity index is 766. The van der Waals surface area contributed by atoms with Crippen LogP contribution in [0.25, 0.3) is 0 Å². The van der Waals surface area contributed by atoms with E-state index in [2.05, 4.69) is 25.3 Å². The number of hydrogen-bond donors (Lipinski definition) is 2. The van der Waals surface area contributed by atoms with Crippen LogP contribution >= 0.6 is 0 Å².